The summed E-state index contributed by atoms with van der Waals surface area (Å²) < 4.78 is 0. The average Bonchev–Trinajstić information content (AvgIpc) is 3.06. The lowest BCUT2D eigenvalue weighted by atomic mass is 9.81. The van der Waals surface area contributed by atoms with Crippen molar-refractivity contribution in [1.29, 1.82) is 0 Å². The molecule has 2 saturated carbocycles. The van der Waals surface area contributed by atoms with Gasteiger partial charge in [-0.15, -0.1) is 0 Å². The standard InChI is InChI=1S/C15H26N2OS/c1-2-15(9-5-6-10-15)14(18)17(11-13(16)19)12-7-3-4-8-12/h12H,2-11H2,1H3,(H2,16,19). The summed E-state index contributed by atoms with van der Waals surface area (Å²) in [4.78, 5) is 15.5. The lowest BCUT2D eigenvalue weighted by Gasteiger charge is -2.37. The number of hydrogen-bond acceptors (Lipinski definition) is 2. The first-order valence-corrected chi connectivity index (χ1v) is 8.09. The Balaban J connectivity index is 2.16. The molecule has 0 saturated heterocycles. The summed E-state index contributed by atoms with van der Waals surface area (Å²) in [5.41, 5.74) is 5.60. The van der Waals surface area contributed by atoms with Crippen LogP contribution < -0.4 is 5.73 Å². The van der Waals surface area contributed by atoms with Gasteiger partial charge in [0, 0.05) is 11.5 Å². The maximum atomic E-state index is 13.0. The van der Waals surface area contributed by atoms with Gasteiger partial charge in [-0.3, -0.25) is 4.79 Å². The van der Waals surface area contributed by atoms with Crippen LogP contribution in [0.15, 0.2) is 0 Å². The third-order valence-corrected chi connectivity index (χ3v) is 5.17. The van der Waals surface area contributed by atoms with Crippen molar-refractivity contribution in [3.05, 3.63) is 0 Å². The third-order valence-electron chi connectivity index (χ3n) is 5.04. The summed E-state index contributed by atoms with van der Waals surface area (Å²) in [6, 6.07) is 0.373. The second kappa shape index (κ2) is 6.21. The van der Waals surface area contributed by atoms with Crippen LogP contribution >= 0.6 is 12.2 Å². The Morgan fingerprint density at radius 3 is 2.32 bits per heavy atom. The van der Waals surface area contributed by atoms with Crippen molar-refractivity contribution < 1.29 is 4.79 Å². The lowest BCUT2D eigenvalue weighted by molar-refractivity contribution is -0.143. The zero-order valence-corrected chi connectivity index (χ0v) is 12.8. The van der Waals surface area contributed by atoms with E-state index in [-0.39, 0.29) is 5.41 Å². The predicted octanol–water partition coefficient (Wildman–Crippen LogP) is 3.01. The van der Waals surface area contributed by atoms with E-state index < -0.39 is 0 Å². The summed E-state index contributed by atoms with van der Waals surface area (Å²) in [5, 5.41) is 0. The minimum atomic E-state index is -0.118. The maximum absolute atomic E-state index is 13.0. The third kappa shape index (κ3) is 3.10. The van der Waals surface area contributed by atoms with E-state index in [1.807, 2.05) is 4.90 Å². The van der Waals surface area contributed by atoms with Crippen LogP contribution in [0.5, 0.6) is 0 Å². The van der Waals surface area contributed by atoms with Gasteiger partial charge in [0.1, 0.15) is 0 Å². The van der Waals surface area contributed by atoms with Crippen LogP contribution in [-0.2, 0) is 4.79 Å². The highest BCUT2D eigenvalue weighted by Crippen LogP contribution is 2.43. The molecular weight excluding hydrogens is 256 g/mol. The Morgan fingerprint density at radius 2 is 1.84 bits per heavy atom. The Hall–Kier alpha value is -0.640. The first kappa shape index (κ1) is 14.8. The minimum Gasteiger partial charge on any atom is -0.392 e. The molecule has 0 aromatic heterocycles. The van der Waals surface area contributed by atoms with Crippen molar-refractivity contribution in [1.82, 2.24) is 4.90 Å². The molecule has 0 aromatic carbocycles. The topological polar surface area (TPSA) is 46.3 Å². The van der Waals surface area contributed by atoms with Gasteiger partial charge in [0.25, 0.3) is 0 Å². The van der Waals surface area contributed by atoms with E-state index in [0.717, 1.165) is 32.1 Å². The predicted molar refractivity (Wildman–Crippen MR) is 81.9 cm³/mol. The van der Waals surface area contributed by atoms with E-state index in [1.165, 1.54) is 25.7 Å². The molecule has 108 valence electrons. The van der Waals surface area contributed by atoms with Gasteiger partial charge >= 0.3 is 0 Å². The van der Waals surface area contributed by atoms with Crippen LogP contribution in [0.3, 0.4) is 0 Å². The molecule has 1 amide bonds. The molecular formula is C15H26N2OS. The van der Waals surface area contributed by atoms with Crippen LogP contribution in [0.4, 0.5) is 0 Å². The van der Waals surface area contributed by atoms with Crippen LogP contribution in [-0.4, -0.2) is 28.4 Å². The van der Waals surface area contributed by atoms with Crippen molar-refractivity contribution in [2.24, 2.45) is 11.1 Å². The fraction of sp³-hybridized carbons (Fsp3) is 0.867. The Morgan fingerprint density at radius 1 is 1.26 bits per heavy atom. The molecule has 0 bridgehead atoms. The molecule has 0 unspecified atom stereocenters. The molecule has 2 aliphatic rings. The molecule has 2 aliphatic carbocycles. The zero-order chi connectivity index (χ0) is 13.9. The van der Waals surface area contributed by atoms with Gasteiger partial charge in [-0.25, -0.2) is 0 Å². The number of carbonyl (C=O) groups is 1. The second-order valence-electron chi connectivity index (χ2n) is 6.18. The Kier molecular flexibility index (Phi) is 4.82. The molecule has 2 rings (SSSR count). The van der Waals surface area contributed by atoms with Crippen LogP contribution in [0.2, 0.25) is 0 Å². The highest BCUT2D eigenvalue weighted by atomic mass is 32.1. The molecule has 2 fully saturated rings. The molecule has 0 aliphatic heterocycles. The van der Waals surface area contributed by atoms with Gasteiger partial charge in [0.2, 0.25) is 5.91 Å². The smallest absolute Gasteiger partial charge is 0.229 e. The number of rotatable bonds is 5. The number of nitrogens with two attached hydrogens (primary N) is 1. The summed E-state index contributed by atoms with van der Waals surface area (Å²) in [6.07, 6.45) is 10.1. The van der Waals surface area contributed by atoms with Crippen LogP contribution in [0.25, 0.3) is 0 Å². The van der Waals surface area contributed by atoms with E-state index in [4.69, 9.17) is 18.0 Å². The largest absolute Gasteiger partial charge is 0.392 e. The van der Waals surface area contributed by atoms with Gasteiger partial charge < -0.3 is 10.6 Å². The van der Waals surface area contributed by atoms with Gasteiger partial charge in [-0.1, -0.05) is 44.8 Å². The van der Waals surface area contributed by atoms with Crippen molar-refractivity contribution in [2.45, 2.75) is 70.8 Å². The van der Waals surface area contributed by atoms with Crippen molar-refractivity contribution >= 4 is 23.1 Å². The zero-order valence-electron chi connectivity index (χ0n) is 12.0. The molecule has 0 aromatic rings. The molecule has 0 radical (unpaired) electrons. The maximum Gasteiger partial charge on any atom is 0.229 e. The Labute approximate surface area is 121 Å². The van der Waals surface area contributed by atoms with Crippen molar-refractivity contribution in [2.75, 3.05) is 6.54 Å². The second-order valence-corrected chi connectivity index (χ2v) is 6.70. The molecule has 3 nitrogen and oxygen atoms in total. The monoisotopic (exact) mass is 282 g/mol. The van der Waals surface area contributed by atoms with E-state index in [9.17, 15) is 4.79 Å². The summed E-state index contributed by atoms with van der Waals surface area (Å²) >= 11 is 5.06. The quantitative estimate of drug-likeness (QED) is 0.788. The highest BCUT2D eigenvalue weighted by molar-refractivity contribution is 7.80. The normalized spacial score (nSPS) is 22.6. The minimum absolute atomic E-state index is 0.118. The van der Waals surface area contributed by atoms with E-state index in [0.29, 0.717) is 23.5 Å². The summed E-state index contributed by atoms with van der Waals surface area (Å²) in [6.45, 7) is 2.62. The number of carbonyl (C=O) groups excluding carboxylic acids is 1. The SMILES string of the molecule is CCC1(C(=O)N(CC(N)=S)C2CCCC2)CCCC1. The molecule has 4 heteroatoms. The van der Waals surface area contributed by atoms with Crippen LogP contribution in [0, 0.1) is 5.41 Å². The Bertz CT molecular complexity index is 344. The van der Waals surface area contributed by atoms with Gasteiger partial charge in [0.15, 0.2) is 0 Å². The van der Waals surface area contributed by atoms with Crippen molar-refractivity contribution in [3.63, 3.8) is 0 Å². The van der Waals surface area contributed by atoms with Crippen molar-refractivity contribution in [3.8, 4) is 0 Å². The molecule has 0 heterocycles. The number of hydrogen-bond donors (Lipinski definition) is 1. The molecule has 19 heavy (non-hydrogen) atoms. The fourth-order valence-corrected chi connectivity index (χ4v) is 3.96. The van der Waals surface area contributed by atoms with Gasteiger partial charge in [0.05, 0.1) is 11.5 Å². The van der Waals surface area contributed by atoms with Crippen LogP contribution in [0.1, 0.15) is 64.7 Å². The van der Waals surface area contributed by atoms with Gasteiger partial charge in [-0.2, -0.15) is 0 Å². The number of nitrogens with zero attached hydrogens (tertiary/aromatic N) is 1. The van der Waals surface area contributed by atoms with E-state index in [2.05, 4.69) is 6.92 Å². The van der Waals surface area contributed by atoms with E-state index >= 15 is 0 Å². The number of thiocarbonyl (C=S) groups is 1. The molecule has 0 atom stereocenters. The first-order valence-electron chi connectivity index (χ1n) is 7.68. The fourth-order valence-electron chi connectivity index (χ4n) is 3.83. The lowest BCUT2D eigenvalue weighted by Crippen LogP contribution is -2.50. The molecule has 2 N–H and O–H groups in total. The first-order chi connectivity index (χ1) is 9.09. The number of amides is 1. The van der Waals surface area contributed by atoms with Gasteiger partial charge in [-0.05, 0) is 32.1 Å². The average molecular weight is 282 g/mol. The summed E-state index contributed by atoms with van der Waals surface area (Å²) in [5.74, 6) is 0.326. The molecule has 0 spiro atoms. The highest BCUT2D eigenvalue weighted by Gasteiger charge is 2.43. The summed E-state index contributed by atoms with van der Waals surface area (Å²) in [7, 11) is 0. The van der Waals surface area contributed by atoms with E-state index in [1.54, 1.807) is 0 Å².